The number of hydrogen-bond acceptors (Lipinski definition) is 1. The van der Waals surface area contributed by atoms with E-state index in [9.17, 15) is 0 Å². The fourth-order valence-corrected chi connectivity index (χ4v) is 0.866. The van der Waals surface area contributed by atoms with Crippen molar-refractivity contribution in [1.82, 2.24) is 0 Å². The minimum Gasteiger partial charge on any atom is -0.183 e. The molecule has 0 heterocycles. The summed E-state index contributed by atoms with van der Waals surface area (Å²) >= 11 is 3.53. The fraction of sp³-hybridized carbons (Fsp3) is 1.00. The van der Waals surface area contributed by atoms with Crippen LogP contribution in [0.25, 0.3) is 0 Å². The molecule has 0 fully saturated rings. The van der Waals surface area contributed by atoms with E-state index in [1.54, 1.807) is 6.26 Å². The summed E-state index contributed by atoms with van der Waals surface area (Å²) in [5, 5.41) is 0. The van der Waals surface area contributed by atoms with Crippen molar-refractivity contribution in [3.63, 3.8) is 0 Å². The van der Waals surface area contributed by atoms with Crippen molar-refractivity contribution >= 4 is 12.6 Å². The van der Waals surface area contributed by atoms with E-state index in [0.717, 1.165) is 5.92 Å². The Kier molecular flexibility index (Phi) is 15.0. The van der Waals surface area contributed by atoms with Crippen LogP contribution in [0.15, 0.2) is 0 Å². The Labute approximate surface area is 65.5 Å². The molecular weight excluding hydrogens is 128 g/mol. The molecule has 0 aromatic heterocycles. The highest BCUT2D eigenvalue weighted by Gasteiger charge is 1.95. The molecule has 0 rings (SSSR count). The van der Waals surface area contributed by atoms with Crippen LogP contribution in [0.2, 0.25) is 0 Å². The van der Waals surface area contributed by atoms with Gasteiger partial charge in [-0.3, -0.25) is 0 Å². The van der Waals surface area contributed by atoms with Crippen LogP contribution >= 0.6 is 12.6 Å². The maximum atomic E-state index is 3.53. The zero-order chi connectivity index (χ0) is 7.70. The van der Waals surface area contributed by atoms with Crippen molar-refractivity contribution in [3.05, 3.63) is 0 Å². The van der Waals surface area contributed by atoms with Crippen LogP contribution in [0.5, 0.6) is 0 Å². The molecule has 0 atom stereocenters. The molecule has 0 aromatic rings. The van der Waals surface area contributed by atoms with E-state index in [-0.39, 0.29) is 0 Å². The molecule has 58 valence electrons. The van der Waals surface area contributed by atoms with Crippen molar-refractivity contribution in [3.8, 4) is 0 Å². The van der Waals surface area contributed by atoms with Gasteiger partial charge in [0.25, 0.3) is 0 Å². The van der Waals surface area contributed by atoms with E-state index < -0.39 is 0 Å². The maximum absolute atomic E-state index is 3.53. The predicted octanol–water partition coefficient (Wildman–Crippen LogP) is 3.38. The first-order valence-electron chi connectivity index (χ1n) is 3.79. The predicted molar refractivity (Wildman–Crippen MR) is 49.3 cm³/mol. The highest BCUT2D eigenvalue weighted by molar-refractivity contribution is 7.79. The summed E-state index contributed by atoms with van der Waals surface area (Å²) in [6.07, 6.45) is 5.76. The Balaban J connectivity index is 0. The monoisotopic (exact) mass is 148 g/mol. The highest BCUT2D eigenvalue weighted by atomic mass is 32.1. The van der Waals surface area contributed by atoms with Gasteiger partial charge in [0.2, 0.25) is 0 Å². The first-order chi connectivity index (χ1) is 4.35. The van der Waals surface area contributed by atoms with Crippen LogP contribution in [0, 0.1) is 5.92 Å². The quantitative estimate of drug-likeness (QED) is 0.583. The first kappa shape index (κ1) is 12.1. The Morgan fingerprint density at radius 2 is 1.11 bits per heavy atom. The van der Waals surface area contributed by atoms with Gasteiger partial charge >= 0.3 is 0 Å². The molecule has 0 radical (unpaired) electrons. The van der Waals surface area contributed by atoms with E-state index >= 15 is 0 Å². The molecule has 0 nitrogen and oxygen atoms in total. The molecule has 0 aliphatic carbocycles. The van der Waals surface area contributed by atoms with Gasteiger partial charge in [0.1, 0.15) is 0 Å². The Morgan fingerprint density at radius 1 is 0.889 bits per heavy atom. The van der Waals surface area contributed by atoms with E-state index in [1.807, 2.05) is 0 Å². The minimum atomic E-state index is 0.986. The summed E-state index contributed by atoms with van der Waals surface area (Å²) in [6, 6.07) is 0. The van der Waals surface area contributed by atoms with E-state index in [0.29, 0.717) is 0 Å². The topological polar surface area (TPSA) is 0 Å². The number of rotatable bonds is 3. The van der Waals surface area contributed by atoms with Gasteiger partial charge in [-0.05, 0) is 12.2 Å². The van der Waals surface area contributed by atoms with Gasteiger partial charge in [-0.1, -0.05) is 40.0 Å². The largest absolute Gasteiger partial charge is 0.183 e. The lowest BCUT2D eigenvalue weighted by Crippen LogP contribution is -1.91. The first-order valence-corrected chi connectivity index (χ1v) is 4.69. The Morgan fingerprint density at radius 3 is 1.11 bits per heavy atom. The maximum Gasteiger partial charge on any atom is -0.0215 e. The van der Waals surface area contributed by atoms with Crippen molar-refractivity contribution in [1.29, 1.82) is 0 Å². The van der Waals surface area contributed by atoms with Crippen molar-refractivity contribution in [2.75, 3.05) is 6.26 Å². The van der Waals surface area contributed by atoms with Gasteiger partial charge in [0.15, 0.2) is 0 Å². The minimum absolute atomic E-state index is 0.986. The molecule has 0 saturated heterocycles. The van der Waals surface area contributed by atoms with Gasteiger partial charge in [-0.2, -0.15) is 12.6 Å². The van der Waals surface area contributed by atoms with Gasteiger partial charge in [0.05, 0.1) is 0 Å². The van der Waals surface area contributed by atoms with E-state index in [4.69, 9.17) is 0 Å². The van der Waals surface area contributed by atoms with E-state index in [2.05, 4.69) is 33.4 Å². The summed E-state index contributed by atoms with van der Waals surface area (Å²) in [5.41, 5.74) is 0. The molecule has 1 heteroatoms. The zero-order valence-corrected chi connectivity index (χ0v) is 8.04. The fourth-order valence-electron chi connectivity index (χ4n) is 0.866. The molecule has 0 amide bonds. The average Bonchev–Trinajstić information content (AvgIpc) is 1.96. The SMILES string of the molecule is CCC(CC)CC.CS. The lowest BCUT2D eigenvalue weighted by atomic mass is 10.0. The summed E-state index contributed by atoms with van der Waals surface area (Å²) in [6.45, 7) is 6.78. The third-order valence-corrected chi connectivity index (χ3v) is 1.73. The van der Waals surface area contributed by atoms with Crippen molar-refractivity contribution < 1.29 is 0 Å². The number of hydrogen-bond donors (Lipinski definition) is 1. The highest BCUT2D eigenvalue weighted by Crippen LogP contribution is 2.09. The lowest BCUT2D eigenvalue weighted by Gasteiger charge is -2.05. The third-order valence-electron chi connectivity index (χ3n) is 1.73. The van der Waals surface area contributed by atoms with Crippen molar-refractivity contribution in [2.45, 2.75) is 40.0 Å². The molecule has 0 bridgehead atoms. The molecular formula is C8H20S. The van der Waals surface area contributed by atoms with Gasteiger partial charge < -0.3 is 0 Å². The molecule has 0 aromatic carbocycles. The standard InChI is InChI=1S/C7H16.CH4S/c1-4-7(5-2)6-3;1-2/h7H,4-6H2,1-3H3;2H,1H3. The zero-order valence-electron chi connectivity index (χ0n) is 7.15. The van der Waals surface area contributed by atoms with Crippen LogP contribution in [0.3, 0.4) is 0 Å². The molecule has 0 spiro atoms. The average molecular weight is 148 g/mol. The second-order valence-corrected chi connectivity index (χ2v) is 2.09. The van der Waals surface area contributed by atoms with Crippen LogP contribution in [-0.4, -0.2) is 6.26 Å². The summed E-state index contributed by atoms with van der Waals surface area (Å²) in [5.74, 6) is 0.986. The lowest BCUT2D eigenvalue weighted by molar-refractivity contribution is 0.477. The summed E-state index contributed by atoms with van der Waals surface area (Å²) < 4.78 is 0. The second kappa shape index (κ2) is 11.2. The molecule has 0 aliphatic heterocycles. The van der Waals surface area contributed by atoms with Gasteiger partial charge in [0, 0.05) is 0 Å². The van der Waals surface area contributed by atoms with Crippen LogP contribution < -0.4 is 0 Å². The van der Waals surface area contributed by atoms with Crippen LogP contribution in [0.1, 0.15) is 40.0 Å². The molecule has 9 heavy (non-hydrogen) atoms. The normalized spacial score (nSPS) is 8.67. The molecule has 0 aliphatic rings. The molecule has 0 unspecified atom stereocenters. The second-order valence-electron chi connectivity index (χ2n) is 2.09. The van der Waals surface area contributed by atoms with Crippen LogP contribution in [0.4, 0.5) is 0 Å². The molecule has 0 N–H and O–H groups in total. The van der Waals surface area contributed by atoms with Crippen LogP contribution in [-0.2, 0) is 0 Å². The van der Waals surface area contributed by atoms with Gasteiger partial charge in [-0.25, -0.2) is 0 Å². The Hall–Kier alpha value is 0.350. The van der Waals surface area contributed by atoms with Gasteiger partial charge in [-0.15, -0.1) is 0 Å². The summed E-state index contributed by atoms with van der Waals surface area (Å²) in [7, 11) is 0. The summed E-state index contributed by atoms with van der Waals surface area (Å²) in [4.78, 5) is 0. The van der Waals surface area contributed by atoms with Crippen molar-refractivity contribution in [2.24, 2.45) is 5.92 Å². The Bertz CT molecular complexity index is 26.0. The van der Waals surface area contributed by atoms with E-state index in [1.165, 1.54) is 19.3 Å². The number of thiol groups is 1. The molecule has 0 saturated carbocycles. The smallest absolute Gasteiger partial charge is 0.0215 e. The third kappa shape index (κ3) is 8.35.